The van der Waals surface area contributed by atoms with Crippen molar-refractivity contribution in [2.24, 2.45) is 10.7 Å². The fraction of sp³-hybridized carbons (Fsp3) is 0.500. The first-order valence-corrected chi connectivity index (χ1v) is 3.20. The molecule has 1 aliphatic heterocycles. The van der Waals surface area contributed by atoms with Crippen LogP contribution in [0.2, 0.25) is 0 Å². The van der Waals surface area contributed by atoms with Crippen LogP contribution in [-0.4, -0.2) is 41.0 Å². The van der Waals surface area contributed by atoms with E-state index in [2.05, 4.69) is 4.99 Å². The molecule has 0 saturated carbocycles. The van der Waals surface area contributed by atoms with Crippen LogP contribution >= 0.6 is 0 Å². The predicted octanol–water partition coefficient (Wildman–Crippen LogP) is -1.56. The molecule has 4 N–H and O–H groups in total. The molecule has 0 spiro atoms. The summed E-state index contributed by atoms with van der Waals surface area (Å²) in [5.74, 6) is 0.193. The van der Waals surface area contributed by atoms with Gasteiger partial charge in [0.05, 0.1) is 6.61 Å². The minimum atomic E-state index is -0.926. The molecular weight excluding hydrogens is 146 g/mol. The molecule has 1 atom stereocenters. The van der Waals surface area contributed by atoms with Gasteiger partial charge in [0, 0.05) is 18.8 Å². The van der Waals surface area contributed by atoms with Crippen LogP contribution in [0, 0.1) is 0 Å². The number of aliphatic hydroxyl groups is 2. The molecule has 0 fully saturated rings. The first kappa shape index (κ1) is 8.03. The normalized spacial score (nSPS) is 24.6. The zero-order valence-electron chi connectivity index (χ0n) is 6.23. The Morgan fingerprint density at radius 3 is 3.00 bits per heavy atom. The molecule has 0 amide bonds. The Balaban J connectivity index is 2.82. The third-order valence-electron chi connectivity index (χ3n) is 1.48. The number of hydrogen-bond acceptors (Lipinski definition) is 5. The minimum absolute atomic E-state index is 0.160. The van der Waals surface area contributed by atoms with E-state index in [4.69, 9.17) is 15.9 Å². The molecule has 1 heterocycles. The molecule has 0 aliphatic carbocycles. The van der Waals surface area contributed by atoms with Gasteiger partial charge in [0.15, 0.2) is 0 Å². The lowest BCUT2D eigenvalue weighted by molar-refractivity contribution is 0.0601. The van der Waals surface area contributed by atoms with E-state index in [-0.39, 0.29) is 12.4 Å². The van der Waals surface area contributed by atoms with Gasteiger partial charge >= 0.3 is 0 Å². The summed E-state index contributed by atoms with van der Waals surface area (Å²) >= 11 is 0. The van der Waals surface area contributed by atoms with Crippen molar-refractivity contribution in [2.45, 2.75) is 6.35 Å². The van der Waals surface area contributed by atoms with Gasteiger partial charge in [-0.1, -0.05) is 0 Å². The molecule has 1 unspecified atom stereocenters. The Hall–Kier alpha value is -1.07. The van der Waals surface area contributed by atoms with Gasteiger partial charge in [0.1, 0.15) is 5.84 Å². The van der Waals surface area contributed by atoms with Crippen LogP contribution in [0.15, 0.2) is 16.8 Å². The molecule has 11 heavy (non-hydrogen) atoms. The fourth-order valence-electron chi connectivity index (χ4n) is 0.799. The van der Waals surface area contributed by atoms with E-state index < -0.39 is 6.35 Å². The highest BCUT2D eigenvalue weighted by molar-refractivity contribution is 5.97. The van der Waals surface area contributed by atoms with E-state index >= 15 is 0 Å². The zero-order chi connectivity index (χ0) is 8.43. The Morgan fingerprint density at radius 1 is 1.82 bits per heavy atom. The molecule has 62 valence electrons. The molecule has 0 aromatic rings. The number of aliphatic imine (C=N–C) groups is 1. The van der Waals surface area contributed by atoms with Gasteiger partial charge < -0.3 is 20.8 Å². The number of rotatable bonds is 1. The molecular formula is C6H11N3O2. The van der Waals surface area contributed by atoms with Crippen molar-refractivity contribution in [2.75, 3.05) is 13.7 Å². The Kier molecular flexibility index (Phi) is 2.11. The monoisotopic (exact) mass is 157 g/mol. The van der Waals surface area contributed by atoms with Crippen molar-refractivity contribution < 1.29 is 10.2 Å². The van der Waals surface area contributed by atoms with Crippen LogP contribution in [-0.2, 0) is 0 Å². The SMILES string of the molecule is CN1C=C(CO)C(N)=NC1O. The molecule has 0 radical (unpaired) electrons. The third kappa shape index (κ3) is 1.50. The van der Waals surface area contributed by atoms with E-state index in [1.54, 1.807) is 13.2 Å². The molecule has 0 aromatic carbocycles. The summed E-state index contributed by atoms with van der Waals surface area (Å²) < 4.78 is 0. The van der Waals surface area contributed by atoms with Gasteiger partial charge in [-0.3, -0.25) is 0 Å². The van der Waals surface area contributed by atoms with Crippen molar-refractivity contribution in [3.8, 4) is 0 Å². The average Bonchev–Trinajstić information content (AvgIpc) is 1.97. The van der Waals surface area contributed by atoms with Crippen LogP contribution in [0.25, 0.3) is 0 Å². The summed E-state index contributed by atoms with van der Waals surface area (Å²) in [6.07, 6.45) is 0.637. The van der Waals surface area contributed by atoms with Crippen molar-refractivity contribution in [3.05, 3.63) is 11.8 Å². The fourth-order valence-corrected chi connectivity index (χ4v) is 0.799. The first-order chi connectivity index (χ1) is 5.15. The van der Waals surface area contributed by atoms with Gasteiger partial charge in [0.25, 0.3) is 0 Å². The summed E-state index contributed by atoms with van der Waals surface area (Å²) in [4.78, 5) is 5.12. The lowest BCUT2D eigenvalue weighted by Crippen LogP contribution is -2.35. The topological polar surface area (TPSA) is 82.1 Å². The van der Waals surface area contributed by atoms with E-state index in [1.165, 1.54) is 4.90 Å². The number of nitrogens with two attached hydrogens (primary N) is 1. The number of nitrogens with zero attached hydrogens (tertiary/aromatic N) is 2. The molecule has 5 nitrogen and oxygen atoms in total. The minimum Gasteiger partial charge on any atom is -0.391 e. The maximum atomic E-state index is 9.09. The highest BCUT2D eigenvalue weighted by atomic mass is 16.3. The first-order valence-electron chi connectivity index (χ1n) is 3.20. The molecule has 0 aromatic heterocycles. The lowest BCUT2D eigenvalue weighted by Gasteiger charge is -2.24. The van der Waals surface area contributed by atoms with E-state index in [0.717, 1.165) is 0 Å². The highest BCUT2D eigenvalue weighted by Gasteiger charge is 2.15. The smallest absolute Gasteiger partial charge is 0.226 e. The Bertz CT molecular complexity index is 212. The molecule has 0 bridgehead atoms. The van der Waals surface area contributed by atoms with Crippen molar-refractivity contribution in [1.29, 1.82) is 0 Å². The van der Waals surface area contributed by atoms with Crippen molar-refractivity contribution in [1.82, 2.24) is 4.90 Å². The lowest BCUT2D eigenvalue weighted by atomic mass is 10.2. The molecule has 0 saturated heterocycles. The summed E-state index contributed by atoms with van der Waals surface area (Å²) in [7, 11) is 1.65. The van der Waals surface area contributed by atoms with Gasteiger partial charge in [0.2, 0.25) is 6.35 Å². The number of aliphatic hydroxyl groups excluding tert-OH is 2. The summed E-state index contributed by atoms with van der Waals surface area (Å²) in [6.45, 7) is -0.160. The molecule has 1 aliphatic rings. The van der Waals surface area contributed by atoms with Crippen LogP contribution in [0.3, 0.4) is 0 Å². The maximum absolute atomic E-state index is 9.09. The highest BCUT2D eigenvalue weighted by Crippen LogP contribution is 2.07. The van der Waals surface area contributed by atoms with Crippen molar-refractivity contribution in [3.63, 3.8) is 0 Å². The van der Waals surface area contributed by atoms with Crippen LogP contribution in [0.4, 0.5) is 0 Å². The Morgan fingerprint density at radius 2 is 2.45 bits per heavy atom. The standard InChI is InChI=1S/C6H11N3O2/c1-9-2-4(3-10)5(7)8-6(9)11/h2,6,10-11H,3H2,1H3,(H2,7,8). The average molecular weight is 157 g/mol. The quantitative estimate of drug-likeness (QED) is 0.430. The largest absolute Gasteiger partial charge is 0.391 e. The number of amidine groups is 1. The predicted molar refractivity (Wildman–Crippen MR) is 40.6 cm³/mol. The second kappa shape index (κ2) is 2.89. The van der Waals surface area contributed by atoms with Gasteiger partial charge in [-0.25, -0.2) is 4.99 Å². The van der Waals surface area contributed by atoms with Crippen molar-refractivity contribution >= 4 is 5.84 Å². The van der Waals surface area contributed by atoms with Gasteiger partial charge in [-0.2, -0.15) is 0 Å². The zero-order valence-corrected chi connectivity index (χ0v) is 6.23. The Labute approximate surface area is 64.5 Å². The van der Waals surface area contributed by atoms with E-state index in [9.17, 15) is 0 Å². The van der Waals surface area contributed by atoms with Crippen LogP contribution < -0.4 is 5.73 Å². The van der Waals surface area contributed by atoms with Crippen LogP contribution in [0.5, 0.6) is 0 Å². The number of hydrogen-bond donors (Lipinski definition) is 3. The van der Waals surface area contributed by atoms with Gasteiger partial charge in [-0.15, -0.1) is 0 Å². The van der Waals surface area contributed by atoms with Crippen LogP contribution in [0.1, 0.15) is 0 Å². The summed E-state index contributed by atoms with van der Waals surface area (Å²) in [6, 6.07) is 0. The second-order valence-electron chi connectivity index (χ2n) is 2.34. The van der Waals surface area contributed by atoms with Gasteiger partial charge in [-0.05, 0) is 0 Å². The van der Waals surface area contributed by atoms with E-state index in [1.807, 2.05) is 0 Å². The summed E-state index contributed by atoms with van der Waals surface area (Å²) in [5.41, 5.74) is 5.90. The third-order valence-corrected chi connectivity index (χ3v) is 1.48. The van der Waals surface area contributed by atoms with E-state index in [0.29, 0.717) is 5.57 Å². The molecule has 5 heteroatoms. The maximum Gasteiger partial charge on any atom is 0.226 e. The molecule has 1 rings (SSSR count). The summed E-state index contributed by atoms with van der Waals surface area (Å²) in [5, 5.41) is 17.8. The second-order valence-corrected chi connectivity index (χ2v) is 2.34.